The van der Waals surface area contributed by atoms with Crippen LogP contribution in [-0.4, -0.2) is 13.0 Å². The monoisotopic (exact) mass is 294 g/mol. The molecule has 1 aromatic carbocycles. The van der Waals surface area contributed by atoms with E-state index >= 15 is 0 Å². The highest BCUT2D eigenvalue weighted by molar-refractivity contribution is 7.89. The van der Waals surface area contributed by atoms with Crippen molar-refractivity contribution in [1.82, 2.24) is 4.57 Å². The van der Waals surface area contributed by atoms with Crippen LogP contribution in [0.2, 0.25) is 0 Å². The maximum atomic E-state index is 11.8. The number of hydrogen-bond acceptors (Lipinski definition) is 2. The molecule has 4 nitrogen and oxygen atoms in total. The number of fused-ring (bicyclic) bond motifs is 1. The molecule has 0 radical (unpaired) electrons. The molecule has 0 bridgehead atoms. The molecule has 0 aliphatic rings. The first-order valence-electron chi connectivity index (χ1n) is 7.07. The molecule has 110 valence electrons. The van der Waals surface area contributed by atoms with Gasteiger partial charge in [0.2, 0.25) is 10.0 Å². The van der Waals surface area contributed by atoms with E-state index in [2.05, 4.69) is 11.5 Å². The molecule has 0 aliphatic heterocycles. The molecule has 0 amide bonds. The summed E-state index contributed by atoms with van der Waals surface area (Å²) in [7, 11) is -3.70. The Balaban J connectivity index is 2.47. The van der Waals surface area contributed by atoms with Crippen LogP contribution in [0.15, 0.2) is 29.2 Å². The summed E-state index contributed by atoms with van der Waals surface area (Å²) >= 11 is 0. The third-order valence-electron chi connectivity index (χ3n) is 3.69. The molecular weight excluding hydrogens is 272 g/mol. The Hall–Kier alpha value is -1.33. The van der Waals surface area contributed by atoms with Gasteiger partial charge in [0.15, 0.2) is 0 Å². The van der Waals surface area contributed by atoms with E-state index < -0.39 is 10.0 Å². The smallest absolute Gasteiger partial charge is 0.240 e. The van der Waals surface area contributed by atoms with Crippen LogP contribution in [0.1, 0.15) is 38.3 Å². The van der Waals surface area contributed by atoms with Gasteiger partial charge in [-0.3, -0.25) is 0 Å². The Bertz CT molecular complexity index is 702. The van der Waals surface area contributed by atoms with Crippen molar-refractivity contribution in [2.45, 2.75) is 51.0 Å². The number of para-hydroxylation sites is 1. The third-order valence-corrected chi connectivity index (χ3v) is 4.78. The van der Waals surface area contributed by atoms with E-state index in [4.69, 9.17) is 5.14 Å². The fraction of sp³-hybridized carbons (Fsp3) is 0.467. The van der Waals surface area contributed by atoms with Crippen LogP contribution in [0, 0.1) is 6.92 Å². The topological polar surface area (TPSA) is 65.1 Å². The number of primary sulfonamides is 1. The molecule has 0 fully saturated rings. The molecule has 0 atom stereocenters. The van der Waals surface area contributed by atoms with E-state index in [1.54, 1.807) is 0 Å². The van der Waals surface area contributed by atoms with Gasteiger partial charge in [-0.05, 0) is 19.4 Å². The largest absolute Gasteiger partial charge is 0.343 e. The quantitative estimate of drug-likeness (QED) is 0.832. The minimum absolute atomic E-state index is 0.267. The maximum Gasteiger partial charge on any atom is 0.240 e. The Kier molecular flexibility index (Phi) is 4.50. The summed E-state index contributed by atoms with van der Waals surface area (Å²) in [4.78, 5) is 0.267. The highest BCUT2D eigenvalue weighted by Gasteiger charge is 2.21. The molecule has 1 aromatic heterocycles. The second-order valence-corrected chi connectivity index (χ2v) is 6.69. The van der Waals surface area contributed by atoms with E-state index in [0.717, 1.165) is 36.0 Å². The number of hydrogen-bond donors (Lipinski definition) is 1. The second-order valence-electron chi connectivity index (χ2n) is 5.19. The lowest BCUT2D eigenvalue weighted by Crippen LogP contribution is -2.13. The summed E-state index contributed by atoms with van der Waals surface area (Å²) in [5.41, 5.74) is 1.69. The van der Waals surface area contributed by atoms with E-state index in [-0.39, 0.29) is 4.90 Å². The van der Waals surface area contributed by atoms with Crippen molar-refractivity contribution >= 4 is 20.9 Å². The first-order chi connectivity index (χ1) is 9.46. The first-order valence-corrected chi connectivity index (χ1v) is 8.62. The lowest BCUT2D eigenvalue weighted by Gasteiger charge is -2.08. The minimum atomic E-state index is -3.70. The first kappa shape index (κ1) is 15.1. The fourth-order valence-corrected chi connectivity index (χ4v) is 3.74. The number of nitrogens with zero attached hydrogens (tertiary/aromatic N) is 1. The molecule has 2 aromatic rings. The number of nitrogens with two attached hydrogens (primary N) is 1. The van der Waals surface area contributed by atoms with Gasteiger partial charge in [-0.25, -0.2) is 13.6 Å². The molecule has 0 aliphatic carbocycles. The predicted octanol–water partition coefficient (Wildman–Crippen LogP) is 3.18. The lowest BCUT2D eigenvalue weighted by atomic mass is 10.2. The number of benzene rings is 1. The Morgan fingerprint density at radius 2 is 1.85 bits per heavy atom. The van der Waals surface area contributed by atoms with Crippen LogP contribution < -0.4 is 5.14 Å². The van der Waals surface area contributed by atoms with Gasteiger partial charge < -0.3 is 4.57 Å². The van der Waals surface area contributed by atoms with Crippen molar-refractivity contribution in [3.63, 3.8) is 0 Å². The van der Waals surface area contributed by atoms with Crippen molar-refractivity contribution in [3.05, 3.63) is 30.0 Å². The molecule has 0 unspecified atom stereocenters. The predicted molar refractivity (Wildman–Crippen MR) is 82.2 cm³/mol. The summed E-state index contributed by atoms with van der Waals surface area (Å²) < 4.78 is 25.7. The van der Waals surface area contributed by atoms with Crippen molar-refractivity contribution in [1.29, 1.82) is 0 Å². The average Bonchev–Trinajstić information content (AvgIpc) is 2.67. The zero-order valence-electron chi connectivity index (χ0n) is 12.1. The normalized spacial score (nSPS) is 12.2. The fourth-order valence-electron chi connectivity index (χ4n) is 2.74. The van der Waals surface area contributed by atoms with Gasteiger partial charge in [0.25, 0.3) is 0 Å². The van der Waals surface area contributed by atoms with Crippen LogP contribution in [0.5, 0.6) is 0 Å². The standard InChI is InChI=1S/C15H22N2O2S/c1-3-4-5-8-11-17-12(2)15(20(16,18)19)13-9-6-7-10-14(13)17/h6-7,9-10H,3-5,8,11H2,1-2H3,(H2,16,18,19). The summed E-state index contributed by atoms with van der Waals surface area (Å²) in [5, 5.41) is 6.10. The van der Waals surface area contributed by atoms with Crippen molar-refractivity contribution < 1.29 is 8.42 Å². The summed E-state index contributed by atoms with van der Waals surface area (Å²) in [6.45, 7) is 4.84. The Labute approximate surface area is 120 Å². The molecule has 2 N–H and O–H groups in total. The molecule has 5 heteroatoms. The van der Waals surface area contributed by atoms with E-state index in [9.17, 15) is 8.42 Å². The Morgan fingerprint density at radius 1 is 1.15 bits per heavy atom. The number of unbranched alkanes of at least 4 members (excludes halogenated alkanes) is 3. The van der Waals surface area contributed by atoms with Crippen LogP contribution >= 0.6 is 0 Å². The molecule has 0 saturated carbocycles. The zero-order chi connectivity index (χ0) is 14.8. The van der Waals surface area contributed by atoms with Gasteiger partial charge in [-0.2, -0.15) is 0 Å². The minimum Gasteiger partial charge on any atom is -0.343 e. The van der Waals surface area contributed by atoms with Crippen LogP contribution in [-0.2, 0) is 16.6 Å². The number of rotatable bonds is 6. The molecule has 1 heterocycles. The average molecular weight is 294 g/mol. The molecule has 0 spiro atoms. The van der Waals surface area contributed by atoms with Crippen molar-refractivity contribution in [2.75, 3.05) is 0 Å². The zero-order valence-corrected chi connectivity index (χ0v) is 12.9. The summed E-state index contributed by atoms with van der Waals surface area (Å²) in [6.07, 6.45) is 4.61. The molecule has 0 saturated heterocycles. The van der Waals surface area contributed by atoms with Gasteiger partial charge in [0.1, 0.15) is 4.90 Å². The highest BCUT2D eigenvalue weighted by Crippen LogP contribution is 2.29. The Morgan fingerprint density at radius 3 is 2.50 bits per heavy atom. The van der Waals surface area contributed by atoms with Crippen molar-refractivity contribution in [2.24, 2.45) is 5.14 Å². The van der Waals surface area contributed by atoms with Crippen LogP contribution in [0.25, 0.3) is 10.9 Å². The maximum absolute atomic E-state index is 11.8. The van der Waals surface area contributed by atoms with E-state index in [1.165, 1.54) is 12.8 Å². The van der Waals surface area contributed by atoms with Gasteiger partial charge in [0, 0.05) is 23.1 Å². The van der Waals surface area contributed by atoms with Gasteiger partial charge in [0.05, 0.1) is 0 Å². The highest BCUT2D eigenvalue weighted by atomic mass is 32.2. The summed E-state index contributed by atoms with van der Waals surface area (Å²) in [6, 6.07) is 7.55. The van der Waals surface area contributed by atoms with Crippen LogP contribution in [0.4, 0.5) is 0 Å². The number of aromatic nitrogens is 1. The lowest BCUT2D eigenvalue weighted by molar-refractivity contribution is 0.579. The van der Waals surface area contributed by atoms with Gasteiger partial charge >= 0.3 is 0 Å². The SMILES string of the molecule is CCCCCCn1c(C)c(S(N)(=O)=O)c2ccccc21. The van der Waals surface area contributed by atoms with Gasteiger partial charge in [-0.15, -0.1) is 0 Å². The molecule has 20 heavy (non-hydrogen) atoms. The number of sulfonamides is 1. The third kappa shape index (κ3) is 2.88. The summed E-state index contributed by atoms with van der Waals surface area (Å²) in [5.74, 6) is 0. The van der Waals surface area contributed by atoms with Crippen molar-refractivity contribution in [3.8, 4) is 0 Å². The molecule has 2 rings (SSSR count). The second kappa shape index (κ2) is 5.97. The number of aryl methyl sites for hydroxylation is 1. The van der Waals surface area contributed by atoms with E-state index in [1.807, 2.05) is 31.2 Å². The van der Waals surface area contributed by atoms with Crippen LogP contribution in [0.3, 0.4) is 0 Å². The molecular formula is C15H22N2O2S. The van der Waals surface area contributed by atoms with Gasteiger partial charge in [-0.1, -0.05) is 44.4 Å². The van der Waals surface area contributed by atoms with E-state index in [0.29, 0.717) is 0 Å².